The molecule has 0 amide bonds. The van der Waals surface area contributed by atoms with Gasteiger partial charge in [-0.05, 0) is 37.5 Å². The van der Waals surface area contributed by atoms with E-state index in [4.69, 9.17) is 9.84 Å². The zero-order valence-electron chi connectivity index (χ0n) is 14.7. The molecule has 7 heteroatoms. The van der Waals surface area contributed by atoms with E-state index in [2.05, 4.69) is 32.7 Å². The van der Waals surface area contributed by atoms with Crippen molar-refractivity contribution in [2.75, 3.05) is 25.1 Å². The number of hydrogen-bond donors (Lipinski definition) is 1. The van der Waals surface area contributed by atoms with E-state index >= 15 is 0 Å². The average molecular weight is 344 g/mol. The van der Waals surface area contributed by atoms with Gasteiger partial charge >= 0.3 is 5.97 Å². The normalized spacial score (nSPS) is 15.4. The number of piperidine rings is 1. The molecule has 2 aromatic rings. The van der Waals surface area contributed by atoms with E-state index in [1.807, 2.05) is 6.20 Å². The molecule has 134 valence electrons. The number of anilines is 1. The second-order valence-corrected chi connectivity index (χ2v) is 6.27. The van der Waals surface area contributed by atoms with Gasteiger partial charge < -0.3 is 14.7 Å². The first-order valence-electron chi connectivity index (χ1n) is 8.69. The second kappa shape index (κ2) is 7.55. The predicted octanol–water partition coefficient (Wildman–Crippen LogP) is 2.78. The Morgan fingerprint density at radius 2 is 2.08 bits per heavy atom. The number of aryl methyl sites for hydroxylation is 1. The molecule has 7 nitrogen and oxygen atoms in total. The van der Waals surface area contributed by atoms with Crippen LogP contribution in [0.25, 0.3) is 0 Å². The highest BCUT2D eigenvalue weighted by Gasteiger charge is 2.25. The molecule has 0 spiro atoms. The van der Waals surface area contributed by atoms with Crippen molar-refractivity contribution in [3.63, 3.8) is 0 Å². The minimum atomic E-state index is -1.03. The van der Waals surface area contributed by atoms with Gasteiger partial charge in [0.15, 0.2) is 0 Å². The van der Waals surface area contributed by atoms with Crippen LogP contribution in [-0.4, -0.2) is 46.0 Å². The highest BCUT2D eigenvalue weighted by Crippen LogP contribution is 2.31. The van der Waals surface area contributed by atoms with Crippen molar-refractivity contribution >= 4 is 11.8 Å². The summed E-state index contributed by atoms with van der Waals surface area (Å²) in [5.41, 5.74) is 1.40. The van der Waals surface area contributed by atoms with Crippen LogP contribution in [0.4, 0.5) is 5.82 Å². The molecule has 1 aliphatic rings. The van der Waals surface area contributed by atoms with Crippen molar-refractivity contribution in [1.29, 1.82) is 0 Å². The number of pyridine rings is 1. The van der Waals surface area contributed by atoms with E-state index in [1.165, 1.54) is 12.8 Å². The summed E-state index contributed by atoms with van der Waals surface area (Å²) >= 11 is 0. The standard InChI is InChI=1S/C18H24N4O3/c1-3-10-22-15(6-9-19-22)13-7-11-21(12-8-13)16-5-4-14(18(23)24)17(20-16)25-2/h4-6,9,13H,3,7-8,10-12H2,1-2H3,(H,23,24). The largest absolute Gasteiger partial charge is 0.480 e. The Kier molecular flexibility index (Phi) is 5.21. The number of aromatic nitrogens is 3. The third-order valence-corrected chi connectivity index (χ3v) is 4.69. The zero-order chi connectivity index (χ0) is 17.8. The van der Waals surface area contributed by atoms with Crippen LogP contribution in [0.3, 0.4) is 0 Å². The molecule has 1 N–H and O–H groups in total. The first-order chi connectivity index (χ1) is 12.1. The second-order valence-electron chi connectivity index (χ2n) is 6.27. The fourth-order valence-corrected chi connectivity index (χ4v) is 3.42. The molecule has 3 rings (SSSR count). The molecular weight excluding hydrogens is 320 g/mol. The smallest absolute Gasteiger partial charge is 0.341 e. The Bertz CT molecular complexity index is 736. The maximum Gasteiger partial charge on any atom is 0.341 e. The summed E-state index contributed by atoms with van der Waals surface area (Å²) in [4.78, 5) is 17.7. The number of hydrogen-bond acceptors (Lipinski definition) is 5. The van der Waals surface area contributed by atoms with Gasteiger partial charge in [0, 0.05) is 37.4 Å². The lowest BCUT2D eigenvalue weighted by molar-refractivity contribution is 0.0692. The van der Waals surface area contributed by atoms with Crippen LogP contribution in [0.2, 0.25) is 0 Å². The lowest BCUT2D eigenvalue weighted by atomic mass is 9.93. The number of methoxy groups -OCH3 is 1. The maximum atomic E-state index is 11.2. The Morgan fingerprint density at radius 1 is 1.32 bits per heavy atom. The third-order valence-electron chi connectivity index (χ3n) is 4.69. The summed E-state index contributed by atoms with van der Waals surface area (Å²) < 4.78 is 7.24. The summed E-state index contributed by atoms with van der Waals surface area (Å²) in [6.45, 7) is 4.88. The van der Waals surface area contributed by atoms with Crippen LogP contribution >= 0.6 is 0 Å². The summed E-state index contributed by atoms with van der Waals surface area (Å²) in [5, 5.41) is 13.6. The van der Waals surface area contributed by atoms with Crippen molar-refractivity contribution in [3.05, 3.63) is 35.7 Å². The fourth-order valence-electron chi connectivity index (χ4n) is 3.42. The molecule has 3 heterocycles. The molecule has 0 saturated carbocycles. The van der Waals surface area contributed by atoms with Gasteiger partial charge in [-0.25, -0.2) is 4.79 Å². The number of carboxylic acids is 1. The molecule has 0 aromatic carbocycles. The minimum absolute atomic E-state index is 0.0876. The fraction of sp³-hybridized carbons (Fsp3) is 0.500. The molecule has 0 atom stereocenters. The number of nitrogens with zero attached hydrogens (tertiary/aromatic N) is 4. The van der Waals surface area contributed by atoms with Crippen molar-refractivity contribution < 1.29 is 14.6 Å². The van der Waals surface area contributed by atoms with E-state index in [0.29, 0.717) is 5.92 Å². The zero-order valence-corrected chi connectivity index (χ0v) is 14.7. The molecular formula is C18H24N4O3. The maximum absolute atomic E-state index is 11.2. The van der Waals surface area contributed by atoms with Gasteiger partial charge in [-0.3, -0.25) is 4.68 Å². The van der Waals surface area contributed by atoms with Crippen LogP contribution in [0.15, 0.2) is 24.4 Å². The SMILES string of the molecule is CCCn1nccc1C1CCN(c2ccc(C(=O)O)c(OC)n2)CC1. The molecule has 1 aliphatic heterocycles. The topological polar surface area (TPSA) is 80.5 Å². The summed E-state index contributed by atoms with van der Waals surface area (Å²) in [7, 11) is 1.44. The lowest BCUT2D eigenvalue weighted by Crippen LogP contribution is -2.34. The van der Waals surface area contributed by atoms with Crippen LogP contribution in [0.5, 0.6) is 5.88 Å². The third kappa shape index (κ3) is 3.60. The minimum Gasteiger partial charge on any atom is -0.480 e. The molecule has 1 saturated heterocycles. The summed E-state index contributed by atoms with van der Waals surface area (Å²) in [6, 6.07) is 5.44. The Hall–Kier alpha value is -2.57. The van der Waals surface area contributed by atoms with Gasteiger partial charge in [0.2, 0.25) is 5.88 Å². The van der Waals surface area contributed by atoms with Gasteiger partial charge in [-0.15, -0.1) is 0 Å². The van der Waals surface area contributed by atoms with E-state index < -0.39 is 5.97 Å². The first-order valence-corrected chi connectivity index (χ1v) is 8.69. The highest BCUT2D eigenvalue weighted by atomic mass is 16.5. The molecule has 2 aromatic heterocycles. The first kappa shape index (κ1) is 17.3. The van der Waals surface area contributed by atoms with Gasteiger partial charge in [0.1, 0.15) is 11.4 Å². The summed E-state index contributed by atoms with van der Waals surface area (Å²) in [6.07, 6.45) is 5.02. The van der Waals surface area contributed by atoms with Gasteiger partial charge in [0.25, 0.3) is 0 Å². The van der Waals surface area contributed by atoms with Crippen LogP contribution in [-0.2, 0) is 6.54 Å². The highest BCUT2D eigenvalue weighted by molar-refractivity contribution is 5.90. The van der Waals surface area contributed by atoms with E-state index in [-0.39, 0.29) is 11.4 Å². The lowest BCUT2D eigenvalue weighted by Gasteiger charge is -2.33. The number of carboxylic acid groups (broad SMARTS) is 1. The van der Waals surface area contributed by atoms with Crippen LogP contribution in [0, 0.1) is 0 Å². The van der Waals surface area contributed by atoms with Crippen molar-refractivity contribution in [3.8, 4) is 5.88 Å². The molecule has 0 radical (unpaired) electrons. The monoisotopic (exact) mass is 344 g/mol. The molecule has 0 aliphatic carbocycles. The Balaban J connectivity index is 1.70. The van der Waals surface area contributed by atoms with Gasteiger partial charge in [-0.1, -0.05) is 6.92 Å². The van der Waals surface area contributed by atoms with Gasteiger partial charge in [-0.2, -0.15) is 10.1 Å². The quantitative estimate of drug-likeness (QED) is 0.868. The van der Waals surface area contributed by atoms with Crippen LogP contribution in [0.1, 0.15) is 48.2 Å². The number of rotatable bonds is 6. The molecule has 0 unspecified atom stereocenters. The van der Waals surface area contributed by atoms with Gasteiger partial charge in [0.05, 0.1) is 7.11 Å². The van der Waals surface area contributed by atoms with E-state index in [9.17, 15) is 4.79 Å². The van der Waals surface area contributed by atoms with E-state index in [0.717, 1.165) is 44.7 Å². The van der Waals surface area contributed by atoms with E-state index in [1.54, 1.807) is 12.1 Å². The predicted molar refractivity (Wildman–Crippen MR) is 94.5 cm³/mol. The number of aromatic carboxylic acids is 1. The Labute approximate surface area is 147 Å². The molecule has 1 fully saturated rings. The average Bonchev–Trinajstić information content (AvgIpc) is 3.10. The van der Waals surface area contributed by atoms with Crippen molar-refractivity contribution in [2.45, 2.75) is 38.6 Å². The Morgan fingerprint density at radius 3 is 2.72 bits per heavy atom. The molecule has 25 heavy (non-hydrogen) atoms. The van der Waals surface area contributed by atoms with Crippen LogP contribution < -0.4 is 9.64 Å². The summed E-state index contributed by atoms with van der Waals surface area (Å²) in [5.74, 6) is 0.403. The van der Waals surface area contributed by atoms with Crippen molar-refractivity contribution in [2.24, 2.45) is 0 Å². The number of ether oxygens (including phenoxy) is 1. The number of carbonyl (C=O) groups is 1. The molecule has 0 bridgehead atoms. The van der Waals surface area contributed by atoms with Crippen molar-refractivity contribution in [1.82, 2.24) is 14.8 Å².